The Balaban J connectivity index is 2.13. The van der Waals surface area contributed by atoms with Gasteiger partial charge >= 0.3 is 11.9 Å². The van der Waals surface area contributed by atoms with E-state index in [0.717, 1.165) is 20.5 Å². The Bertz CT molecular complexity index is 1040. The molecule has 0 bridgehead atoms. The van der Waals surface area contributed by atoms with Crippen molar-refractivity contribution in [2.75, 3.05) is 6.54 Å². The fourth-order valence-electron chi connectivity index (χ4n) is 3.36. The van der Waals surface area contributed by atoms with Crippen LogP contribution in [0.1, 0.15) is 30.2 Å². The topological polar surface area (TPSA) is 84.5 Å². The van der Waals surface area contributed by atoms with E-state index >= 15 is 0 Å². The zero-order valence-electron chi connectivity index (χ0n) is 15.4. The summed E-state index contributed by atoms with van der Waals surface area (Å²) in [4.78, 5) is 39.5. The summed E-state index contributed by atoms with van der Waals surface area (Å²) in [6.07, 6.45) is -6.38. The number of amides is 1. The second kappa shape index (κ2) is 7.36. The first-order chi connectivity index (χ1) is 13.0. The van der Waals surface area contributed by atoms with Crippen LogP contribution in [0.4, 0.5) is 13.2 Å². The lowest BCUT2D eigenvalue weighted by Gasteiger charge is -2.14. The zero-order chi connectivity index (χ0) is 20.8. The molecule has 0 aromatic carbocycles. The highest BCUT2D eigenvalue weighted by molar-refractivity contribution is 7.18. The molecule has 1 atom stereocenters. The van der Waals surface area contributed by atoms with Crippen molar-refractivity contribution in [2.24, 2.45) is 0 Å². The summed E-state index contributed by atoms with van der Waals surface area (Å²) in [5.74, 6) is -0.419. The number of aromatic nitrogens is 2. The quantitative estimate of drug-likeness (QED) is 0.798. The normalized spacial score (nSPS) is 17.9. The van der Waals surface area contributed by atoms with E-state index in [1.54, 1.807) is 13.8 Å². The summed E-state index contributed by atoms with van der Waals surface area (Å²) in [5.41, 5.74) is -0.773. The number of rotatable bonds is 5. The Hall–Kier alpha value is -2.14. The van der Waals surface area contributed by atoms with Gasteiger partial charge in [0.05, 0.1) is 18.4 Å². The van der Waals surface area contributed by atoms with Gasteiger partial charge in [0.15, 0.2) is 0 Å². The molecule has 0 unspecified atom stereocenters. The molecule has 11 heteroatoms. The molecule has 0 aliphatic carbocycles. The molecule has 1 aliphatic heterocycles. The highest BCUT2D eigenvalue weighted by Gasteiger charge is 2.32. The van der Waals surface area contributed by atoms with Gasteiger partial charge in [-0.15, -0.1) is 11.3 Å². The van der Waals surface area contributed by atoms with E-state index in [1.807, 2.05) is 0 Å². The number of carbonyl (C=O) groups excluding carboxylic acids is 1. The van der Waals surface area contributed by atoms with Crippen LogP contribution in [0.2, 0.25) is 0 Å². The van der Waals surface area contributed by atoms with Crippen LogP contribution in [0.25, 0.3) is 10.2 Å². The molecule has 0 spiro atoms. The number of fused-ring (bicyclic) bond motifs is 1. The molecular weight excluding hydrogens is 399 g/mol. The van der Waals surface area contributed by atoms with Gasteiger partial charge in [-0.1, -0.05) is 0 Å². The first kappa shape index (κ1) is 20.6. The molecule has 3 heterocycles. The second-order valence-electron chi connectivity index (χ2n) is 6.74. The van der Waals surface area contributed by atoms with Crippen molar-refractivity contribution in [3.8, 4) is 0 Å². The van der Waals surface area contributed by atoms with Gasteiger partial charge < -0.3 is 10.0 Å². The van der Waals surface area contributed by atoms with Gasteiger partial charge in [0.2, 0.25) is 0 Å². The maximum atomic E-state index is 12.7. The van der Waals surface area contributed by atoms with Gasteiger partial charge in [0.1, 0.15) is 10.9 Å². The average molecular weight is 419 g/mol. The summed E-state index contributed by atoms with van der Waals surface area (Å²) >= 11 is 1.05. The Morgan fingerprint density at radius 3 is 2.43 bits per heavy atom. The van der Waals surface area contributed by atoms with Gasteiger partial charge in [0, 0.05) is 24.5 Å². The predicted molar refractivity (Wildman–Crippen MR) is 97.5 cm³/mol. The first-order valence-corrected chi connectivity index (χ1v) is 9.66. The number of aryl methyl sites for hydroxylation is 2. The minimum absolute atomic E-state index is 0.0427. The molecule has 2 aromatic heterocycles. The van der Waals surface area contributed by atoms with Crippen LogP contribution < -0.4 is 11.2 Å². The number of alkyl halides is 3. The molecule has 1 amide bonds. The molecule has 2 aromatic rings. The Morgan fingerprint density at radius 2 is 1.89 bits per heavy atom. The van der Waals surface area contributed by atoms with Gasteiger partial charge in [0.25, 0.3) is 11.5 Å². The van der Waals surface area contributed by atoms with Crippen LogP contribution >= 0.6 is 11.3 Å². The monoisotopic (exact) mass is 419 g/mol. The summed E-state index contributed by atoms with van der Waals surface area (Å²) < 4.78 is 40.1. The maximum absolute atomic E-state index is 12.7. The molecule has 154 valence electrons. The van der Waals surface area contributed by atoms with E-state index in [9.17, 15) is 32.7 Å². The average Bonchev–Trinajstić information content (AvgIpc) is 3.09. The van der Waals surface area contributed by atoms with Gasteiger partial charge in [-0.05, 0) is 25.8 Å². The number of likely N-dealkylation sites (tertiary alicyclic amines) is 1. The van der Waals surface area contributed by atoms with Crippen molar-refractivity contribution < 1.29 is 23.1 Å². The summed E-state index contributed by atoms with van der Waals surface area (Å²) in [5, 5.41) is 9.81. The van der Waals surface area contributed by atoms with Crippen molar-refractivity contribution in [3.63, 3.8) is 0 Å². The van der Waals surface area contributed by atoms with E-state index in [2.05, 4.69) is 0 Å². The lowest BCUT2D eigenvalue weighted by atomic mass is 10.2. The van der Waals surface area contributed by atoms with Crippen LogP contribution in [-0.4, -0.2) is 43.9 Å². The number of hydrogen-bond acceptors (Lipinski definition) is 5. The minimum Gasteiger partial charge on any atom is -0.383 e. The third kappa shape index (κ3) is 3.60. The molecule has 1 aliphatic rings. The van der Waals surface area contributed by atoms with Crippen LogP contribution in [0.3, 0.4) is 0 Å². The molecule has 0 radical (unpaired) electrons. The van der Waals surface area contributed by atoms with Crippen molar-refractivity contribution >= 4 is 27.5 Å². The molecule has 7 nitrogen and oxygen atoms in total. The zero-order valence-corrected chi connectivity index (χ0v) is 16.2. The highest BCUT2D eigenvalue weighted by Crippen LogP contribution is 2.31. The van der Waals surface area contributed by atoms with E-state index in [4.69, 9.17) is 0 Å². The number of thiophene rings is 1. The molecule has 1 saturated heterocycles. The number of halogens is 3. The molecule has 28 heavy (non-hydrogen) atoms. The summed E-state index contributed by atoms with van der Waals surface area (Å²) in [6, 6.07) is 0. The highest BCUT2D eigenvalue weighted by atomic mass is 32.1. The van der Waals surface area contributed by atoms with E-state index in [-0.39, 0.29) is 23.3 Å². The molecule has 3 rings (SSSR count). The lowest BCUT2D eigenvalue weighted by Crippen LogP contribution is -2.39. The predicted octanol–water partition coefficient (Wildman–Crippen LogP) is 1.60. The van der Waals surface area contributed by atoms with E-state index in [1.165, 1.54) is 4.90 Å². The van der Waals surface area contributed by atoms with Gasteiger partial charge in [-0.3, -0.25) is 18.7 Å². The Morgan fingerprint density at radius 1 is 1.21 bits per heavy atom. The third-order valence-electron chi connectivity index (χ3n) is 4.93. The van der Waals surface area contributed by atoms with Crippen LogP contribution in [0.5, 0.6) is 0 Å². The van der Waals surface area contributed by atoms with Crippen molar-refractivity contribution in [1.82, 2.24) is 14.0 Å². The van der Waals surface area contributed by atoms with E-state index < -0.39 is 42.4 Å². The largest absolute Gasteiger partial charge is 0.390 e. The van der Waals surface area contributed by atoms with Crippen LogP contribution in [-0.2, 0) is 24.4 Å². The number of nitrogens with zero attached hydrogens (tertiary/aromatic N) is 3. The SMILES string of the molecule is CCn1c(=O)c2c(C)c(CN3CC[C@@H](O)C3=O)sc2n(CCC(F)(F)F)c1=O. The third-order valence-corrected chi connectivity index (χ3v) is 6.23. The minimum atomic E-state index is -4.44. The summed E-state index contributed by atoms with van der Waals surface area (Å²) in [7, 11) is 0. The Labute approximate surface area is 161 Å². The summed E-state index contributed by atoms with van der Waals surface area (Å²) in [6.45, 7) is 3.19. The van der Waals surface area contributed by atoms with Crippen molar-refractivity contribution in [3.05, 3.63) is 31.3 Å². The first-order valence-electron chi connectivity index (χ1n) is 8.84. The molecule has 1 N–H and O–H groups in total. The standard InChI is InChI=1S/C17H20F3N3O4S/c1-3-22-14(26)12-9(2)11(8-21-6-4-10(24)13(21)25)28-15(12)23(16(22)27)7-5-17(18,19)20/h10,24H,3-8H2,1-2H3/t10-/m1/s1. The molecular formula is C17H20F3N3O4S. The smallest absolute Gasteiger partial charge is 0.383 e. The Kier molecular flexibility index (Phi) is 5.41. The second-order valence-corrected chi connectivity index (χ2v) is 7.83. The van der Waals surface area contributed by atoms with Gasteiger partial charge in [-0.25, -0.2) is 4.79 Å². The number of aliphatic hydroxyl groups is 1. The number of carbonyl (C=O) groups is 1. The van der Waals surface area contributed by atoms with Crippen LogP contribution in [0, 0.1) is 6.92 Å². The van der Waals surface area contributed by atoms with Gasteiger partial charge in [-0.2, -0.15) is 13.2 Å². The molecule has 0 saturated carbocycles. The fourth-order valence-corrected chi connectivity index (χ4v) is 4.69. The lowest BCUT2D eigenvalue weighted by molar-refractivity contribution is -0.137. The number of hydrogen-bond donors (Lipinski definition) is 1. The fraction of sp³-hybridized carbons (Fsp3) is 0.588. The number of aliphatic hydroxyl groups excluding tert-OH is 1. The van der Waals surface area contributed by atoms with Crippen LogP contribution in [0.15, 0.2) is 9.59 Å². The van der Waals surface area contributed by atoms with Crippen molar-refractivity contribution in [2.45, 2.75) is 58.6 Å². The maximum Gasteiger partial charge on any atom is 0.390 e. The van der Waals surface area contributed by atoms with E-state index in [0.29, 0.717) is 23.4 Å². The molecule has 1 fully saturated rings. The van der Waals surface area contributed by atoms with Crippen molar-refractivity contribution in [1.29, 1.82) is 0 Å².